The maximum Gasteiger partial charge on any atom is 0.305 e. The summed E-state index contributed by atoms with van der Waals surface area (Å²) in [6, 6.07) is 4.04. The lowest BCUT2D eigenvalue weighted by molar-refractivity contribution is -0.152. The average Bonchev–Trinajstić information content (AvgIpc) is 3.25. The van der Waals surface area contributed by atoms with Crippen molar-refractivity contribution < 1.29 is 24.2 Å². The minimum atomic E-state index is -0.987. The topological polar surface area (TPSA) is 72.8 Å². The number of benzene rings is 1. The Morgan fingerprint density at radius 3 is 2.56 bits per heavy atom. The van der Waals surface area contributed by atoms with E-state index in [4.69, 9.17) is 9.47 Å². The molecule has 1 aromatic rings. The van der Waals surface area contributed by atoms with Gasteiger partial charge in [-0.15, -0.1) is 0 Å². The molecule has 2 heterocycles. The van der Waals surface area contributed by atoms with Gasteiger partial charge < -0.3 is 14.6 Å². The van der Waals surface area contributed by atoms with E-state index in [2.05, 4.69) is 0 Å². The normalized spacial score (nSPS) is 31.0. The SMILES string of the molecule is CCC(=O)OC[C@]12C=C[C@H](O1)[C@@H]1C(O)=C(c3c(C)cc(C)cc3C)C(=O)[C@@H]12. The summed E-state index contributed by atoms with van der Waals surface area (Å²) in [5.41, 5.74) is 3.26. The van der Waals surface area contributed by atoms with E-state index in [1.807, 2.05) is 45.1 Å². The zero-order chi connectivity index (χ0) is 19.5. The monoisotopic (exact) mass is 368 g/mol. The molecule has 142 valence electrons. The van der Waals surface area contributed by atoms with E-state index < -0.39 is 17.4 Å². The Bertz CT molecular complexity index is 886. The molecule has 0 unspecified atom stereocenters. The number of rotatable bonds is 4. The molecule has 1 N–H and O–H groups in total. The number of Topliss-reactive ketones (excluding diaryl/α,β-unsaturated/α-hetero) is 1. The van der Waals surface area contributed by atoms with Crippen molar-refractivity contribution in [2.24, 2.45) is 11.8 Å². The summed E-state index contributed by atoms with van der Waals surface area (Å²) in [5.74, 6) is -1.35. The third kappa shape index (κ3) is 2.48. The van der Waals surface area contributed by atoms with Gasteiger partial charge in [-0.2, -0.15) is 0 Å². The van der Waals surface area contributed by atoms with E-state index in [1.54, 1.807) is 6.92 Å². The predicted molar refractivity (Wildman–Crippen MR) is 100 cm³/mol. The molecule has 1 aromatic carbocycles. The Morgan fingerprint density at radius 2 is 1.93 bits per heavy atom. The van der Waals surface area contributed by atoms with Gasteiger partial charge in [-0.05, 0) is 37.5 Å². The van der Waals surface area contributed by atoms with Crippen LogP contribution in [0.1, 0.15) is 35.6 Å². The molecule has 1 saturated heterocycles. The molecule has 2 aliphatic heterocycles. The van der Waals surface area contributed by atoms with Crippen LogP contribution in [0.25, 0.3) is 5.57 Å². The Hall–Kier alpha value is -2.40. The fourth-order valence-corrected chi connectivity index (χ4v) is 4.89. The molecule has 0 aromatic heterocycles. The lowest BCUT2D eigenvalue weighted by Gasteiger charge is -2.28. The third-order valence-corrected chi connectivity index (χ3v) is 5.94. The van der Waals surface area contributed by atoms with Crippen LogP contribution in [0.2, 0.25) is 0 Å². The largest absolute Gasteiger partial charge is 0.511 e. The van der Waals surface area contributed by atoms with Crippen molar-refractivity contribution in [3.63, 3.8) is 0 Å². The molecular formula is C22H24O5. The highest BCUT2D eigenvalue weighted by Gasteiger charge is 2.65. The molecule has 4 rings (SSSR count). The number of carbonyl (C=O) groups is 2. The second kappa shape index (κ2) is 6.06. The number of carbonyl (C=O) groups excluding carboxylic acids is 2. The van der Waals surface area contributed by atoms with Gasteiger partial charge in [0.1, 0.15) is 18.0 Å². The van der Waals surface area contributed by atoms with Crippen LogP contribution < -0.4 is 0 Å². The van der Waals surface area contributed by atoms with Crippen molar-refractivity contribution in [1.29, 1.82) is 0 Å². The minimum Gasteiger partial charge on any atom is -0.511 e. The number of fused-ring (bicyclic) bond motifs is 5. The Balaban J connectivity index is 1.74. The lowest BCUT2D eigenvalue weighted by atomic mass is 9.76. The first kappa shape index (κ1) is 18.0. The minimum absolute atomic E-state index is 0.00793. The molecule has 5 nitrogen and oxygen atoms in total. The standard InChI is InChI=1S/C22H24O5/c1-5-15(23)26-10-22-7-6-14(27-22)17-19(22)21(25)18(20(17)24)16-12(3)8-11(2)9-13(16)4/h6-9,14,17,19,24H,5,10H2,1-4H3/t14-,17-,19+,22-/m0/s1. The van der Waals surface area contributed by atoms with E-state index in [1.165, 1.54) is 0 Å². The van der Waals surface area contributed by atoms with Crippen molar-refractivity contribution in [3.8, 4) is 0 Å². The van der Waals surface area contributed by atoms with E-state index in [0.29, 0.717) is 5.57 Å². The van der Waals surface area contributed by atoms with Gasteiger partial charge in [-0.1, -0.05) is 36.8 Å². The number of hydrogen-bond donors (Lipinski definition) is 1. The Kier molecular flexibility index (Phi) is 4.04. The summed E-state index contributed by atoms with van der Waals surface area (Å²) in [7, 11) is 0. The highest BCUT2D eigenvalue weighted by atomic mass is 16.6. The summed E-state index contributed by atoms with van der Waals surface area (Å²) < 4.78 is 11.3. The third-order valence-electron chi connectivity index (χ3n) is 5.94. The smallest absolute Gasteiger partial charge is 0.305 e. The van der Waals surface area contributed by atoms with Crippen LogP contribution in [0.3, 0.4) is 0 Å². The molecule has 1 aliphatic carbocycles. The van der Waals surface area contributed by atoms with Crippen LogP contribution in [-0.2, 0) is 19.1 Å². The van der Waals surface area contributed by atoms with Crippen molar-refractivity contribution in [2.75, 3.05) is 6.61 Å². The van der Waals surface area contributed by atoms with Crippen LogP contribution in [0.15, 0.2) is 30.0 Å². The number of aliphatic hydroxyl groups excluding tert-OH is 1. The lowest BCUT2D eigenvalue weighted by Crippen LogP contribution is -2.43. The second-order valence-electron chi connectivity index (χ2n) is 7.81. The molecule has 4 atom stereocenters. The molecular weight excluding hydrogens is 344 g/mol. The second-order valence-corrected chi connectivity index (χ2v) is 7.81. The summed E-state index contributed by atoms with van der Waals surface area (Å²) in [4.78, 5) is 25.1. The van der Waals surface area contributed by atoms with Crippen molar-refractivity contribution in [1.82, 2.24) is 0 Å². The van der Waals surface area contributed by atoms with Gasteiger partial charge in [0, 0.05) is 6.42 Å². The molecule has 0 spiro atoms. The molecule has 0 amide bonds. The maximum atomic E-state index is 13.4. The Morgan fingerprint density at radius 1 is 1.26 bits per heavy atom. The first-order valence-electron chi connectivity index (χ1n) is 9.37. The molecule has 0 saturated carbocycles. The van der Waals surface area contributed by atoms with Crippen LogP contribution in [-0.4, -0.2) is 35.2 Å². The number of aryl methyl sites for hydroxylation is 3. The molecule has 2 bridgehead atoms. The predicted octanol–water partition coefficient (Wildman–Crippen LogP) is 3.36. The van der Waals surface area contributed by atoms with Gasteiger partial charge in [-0.3, -0.25) is 9.59 Å². The quantitative estimate of drug-likeness (QED) is 0.652. The van der Waals surface area contributed by atoms with Crippen LogP contribution in [0.5, 0.6) is 0 Å². The van der Waals surface area contributed by atoms with E-state index >= 15 is 0 Å². The average molecular weight is 368 g/mol. The Labute approximate surface area is 158 Å². The molecule has 27 heavy (non-hydrogen) atoms. The van der Waals surface area contributed by atoms with Crippen molar-refractivity contribution in [2.45, 2.75) is 45.8 Å². The van der Waals surface area contributed by atoms with Gasteiger partial charge in [-0.25, -0.2) is 0 Å². The zero-order valence-corrected chi connectivity index (χ0v) is 16.0. The number of ketones is 1. The van der Waals surface area contributed by atoms with Crippen LogP contribution >= 0.6 is 0 Å². The maximum absolute atomic E-state index is 13.4. The number of esters is 1. The highest BCUT2D eigenvalue weighted by molar-refractivity contribution is 6.26. The van der Waals surface area contributed by atoms with Gasteiger partial charge in [0.15, 0.2) is 5.78 Å². The van der Waals surface area contributed by atoms with Gasteiger partial charge in [0.25, 0.3) is 0 Å². The zero-order valence-electron chi connectivity index (χ0n) is 16.0. The van der Waals surface area contributed by atoms with E-state index in [9.17, 15) is 14.7 Å². The van der Waals surface area contributed by atoms with Crippen LogP contribution in [0.4, 0.5) is 0 Å². The molecule has 5 heteroatoms. The fourth-order valence-electron chi connectivity index (χ4n) is 4.89. The summed E-state index contributed by atoms with van der Waals surface area (Å²) in [6.07, 6.45) is 3.58. The van der Waals surface area contributed by atoms with Gasteiger partial charge >= 0.3 is 5.97 Å². The molecule has 3 aliphatic rings. The summed E-state index contributed by atoms with van der Waals surface area (Å²) in [5, 5.41) is 11.0. The van der Waals surface area contributed by atoms with Gasteiger partial charge in [0.05, 0.1) is 23.5 Å². The fraction of sp³-hybridized carbons (Fsp3) is 0.455. The van der Waals surface area contributed by atoms with E-state index in [0.717, 1.165) is 22.3 Å². The van der Waals surface area contributed by atoms with E-state index in [-0.39, 0.29) is 36.6 Å². The van der Waals surface area contributed by atoms with Crippen molar-refractivity contribution in [3.05, 3.63) is 52.3 Å². The van der Waals surface area contributed by atoms with Crippen LogP contribution in [0, 0.1) is 32.6 Å². The number of hydrogen-bond acceptors (Lipinski definition) is 5. The number of aliphatic hydroxyl groups is 1. The molecule has 1 fully saturated rings. The first-order valence-corrected chi connectivity index (χ1v) is 9.37. The van der Waals surface area contributed by atoms with Crippen molar-refractivity contribution >= 4 is 17.3 Å². The van der Waals surface area contributed by atoms with Gasteiger partial charge in [0.2, 0.25) is 0 Å². The first-order chi connectivity index (χ1) is 12.8. The highest BCUT2D eigenvalue weighted by Crippen LogP contribution is 2.56. The molecule has 0 radical (unpaired) electrons. The summed E-state index contributed by atoms with van der Waals surface area (Å²) in [6.45, 7) is 7.64. The number of ether oxygens (including phenoxy) is 2. The summed E-state index contributed by atoms with van der Waals surface area (Å²) >= 11 is 0. The number of allylic oxidation sites excluding steroid dienone is 1.